The number of carbonyl (C=O) groups excluding carboxylic acids is 1. The highest BCUT2D eigenvalue weighted by Gasteiger charge is 2.29. The van der Waals surface area contributed by atoms with E-state index >= 15 is 0 Å². The number of hydrogen-bond acceptors (Lipinski definition) is 5. The maximum atomic E-state index is 13.2. The predicted molar refractivity (Wildman–Crippen MR) is 134 cm³/mol. The zero-order valence-corrected chi connectivity index (χ0v) is 19.3. The Morgan fingerprint density at radius 3 is 2.64 bits per heavy atom. The summed E-state index contributed by atoms with van der Waals surface area (Å²) < 4.78 is 0.629. The number of aromatic nitrogens is 2. The predicted octanol–water partition coefficient (Wildman–Crippen LogP) is 4.53. The van der Waals surface area contributed by atoms with E-state index in [1.165, 1.54) is 11.3 Å². The van der Waals surface area contributed by atoms with Crippen LogP contribution in [0.15, 0.2) is 70.8 Å². The Morgan fingerprint density at radius 2 is 1.88 bits per heavy atom. The normalized spacial score (nSPS) is 16.2. The number of nitrogens with one attached hydrogen (secondary N) is 1. The van der Waals surface area contributed by atoms with Crippen molar-refractivity contribution in [2.24, 2.45) is 5.92 Å². The smallest absolute Gasteiger partial charge is 0.270 e. The van der Waals surface area contributed by atoms with Crippen molar-refractivity contribution in [1.82, 2.24) is 14.9 Å². The summed E-state index contributed by atoms with van der Waals surface area (Å²) in [5.74, 6) is 0.559. The minimum absolute atomic E-state index is 0.121. The van der Waals surface area contributed by atoms with Gasteiger partial charge in [0.25, 0.3) is 5.56 Å². The van der Waals surface area contributed by atoms with E-state index in [4.69, 9.17) is 4.98 Å². The van der Waals surface area contributed by atoms with E-state index in [9.17, 15) is 9.59 Å². The number of aromatic amines is 1. The van der Waals surface area contributed by atoms with E-state index in [0.29, 0.717) is 23.7 Å². The second-order valence-electron chi connectivity index (χ2n) is 8.55. The van der Waals surface area contributed by atoms with Gasteiger partial charge in [0.05, 0.1) is 11.4 Å². The lowest BCUT2D eigenvalue weighted by Gasteiger charge is -2.34. The molecule has 7 heteroatoms. The highest BCUT2D eigenvalue weighted by molar-refractivity contribution is 7.17. The molecule has 1 atom stereocenters. The molecular weight excluding hydrogens is 432 g/mol. The first-order valence-corrected chi connectivity index (χ1v) is 12.1. The van der Waals surface area contributed by atoms with Gasteiger partial charge in [-0.2, -0.15) is 0 Å². The van der Waals surface area contributed by atoms with Crippen molar-refractivity contribution in [3.63, 3.8) is 0 Å². The Labute approximate surface area is 196 Å². The molecule has 168 valence electrons. The zero-order chi connectivity index (χ0) is 22.8. The average molecular weight is 459 g/mol. The third-order valence-corrected chi connectivity index (χ3v) is 7.18. The molecule has 1 N–H and O–H groups in total. The zero-order valence-electron chi connectivity index (χ0n) is 18.5. The van der Waals surface area contributed by atoms with Gasteiger partial charge in [0.1, 0.15) is 4.70 Å². The molecular formula is C26H26N4O2S. The summed E-state index contributed by atoms with van der Waals surface area (Å²) in [6.45, 7) is 1.91. The highest BCUT2D eigenvalue weighted by atomic mass is 32.1. The number of piperidine rings is 1. The first-order valence-electron chi connectivity index (χ1n) is 11.2. The summed E-state index contributed by atoms with van der Waals surface area (Å²) in [5, 5.41) is 1.99. The lowest BCUT2D eigenvalue weighted by Crippen LogP contribution is -2.44. The molecule has 2 aromatic carbocycles. The summed E-state index contributed by atoms with van der Waals surface area (Å²) >= 11 is 1.42. The van der Waals surface area contributed by atoms with Crippen molar-refractivity contribution in [1.29, 1.82) is 0 Å². The molecule has 0 bridgehead atoms. The summed E-state index contributed by atoms with van der Waals surface area (Å²) in [7, 11) is 1.86. The number of carbonyl (C=O) groups is 1. The molecule has 1 amide bonds. The van der Waals surface area contributed by atoms with Gasteiger partial charge >= 0.3 is 0 Å². The summed E-state index contributed by atoms with van der Waals surface area (Å²) in [4.78, 5) is 37.7. The number of thiophene rings is 1. The quantitative estimate of drug-likeness (QED) is 0.477. The third-order valence-electron chi connectivity index (χ3n) is 6.21. The topological polar surface area (TPSA) is 69.3 Å². The lowest BCUT2D eigenvalue weighted by atomic mass is 9.96. The molecule has 2 aromatic heterocycles. The van der Waals surface area contributed by atoms with Crippen LogP contribution in [0.25, 0.3) is 21.3 Å². The van der Waals surface area contributed by atoms with Gasteiger partial charge in [0.2, 0.25) is 11.9 Å². The van der Waals surface area contributed by atoms with Crippen LogP contribution >= 0.6 is 11.3 Å². The van der Waals surface area contributed by atoms with Crippen LogP contribution in [0.2, 0.25) is 0 Å². The Balaban J connectivity index is 1.38. The number of anilines is 1. The van der Waals surface area contributed by atoms with Crippen molar-refractivity contribution in [3.8, 4) is 11.1 Å². The Hall–Kier alpha value is -3.45. The molecule has 0 saturated carbocycles. The average Bonchev–Trinajstić information content (AvgIpc) is 3.29. The van der Waals surface area contributed by atoms with E-state index < -0.39 is 0 Å². The molecule has 1 aliphatic rings. The maximum absolute atomic E-state index is 13.2. The molecule has 0 unspecified atom stereocenters. The van der Waals surface area contributed by atoms with Gasteiger partial charge in [-0.25, -0.2) is 4.98 Å². The highest BCUT2D eigenvalue weighted by Crippen LogP contribution is 2.32. The van der Waals surface area contributed by atoms with Gasteiger partial charge in [0.15, 0.2) is 0 Å². The molecule has 1 saturated heterocycles. The Kier molecular flexibility index (Phi) is 5.96. The number of H-pyrrole nitrogens is 1. The van der Waals surface area contributed by atoms with Gasteiger partial charge in [-0.3, -0.25) is 14.6 Å². The molecule has 4 aromatic rings. The number of rotatable bonds is 5. The van der Waals surface area contributed by atoms with Gasteiger partial charge in [-0.15, -0.1) is 11.3 Å². The number of benzene rings is 2. The van der Waals surface area contributed by atoms with Crippen LogP contribution in [-0.2, 0) is 11.3 Å². The molecule has 1 fully saturated rings. The first-order chi connectivity index (χ1) is 16.1. The lowest BCUT2D eigenvalue weighted by molar-refractivity contribution is -0.135. The van der Waals surface area contributed by atoms with Gasteiger partial charge < -0.3 is 9.80 Å². The fourth-order valence-electron chi connectivity index (χ4n) is 4.51. The van der Waals surface area contributed by atoms with Crippen LogP contribution < -0.4 is 10.5 Å². The molecule has 5 rings (SSSR count). The molecule has 0 spiro atoms. The summed E-state index contributed by atoms with van der Waals surface area (Å²) in [6.07, 6.45) is 1.72. The van der Waals surface area contributed by atoms with Crippen LogP contribution in [0.1, 0.15) is 18.4 Å². The molecule has 33 heavy (non-hydrogen) atoms. The fraction of sp³-hybridized carbons (Fsp3) is 0.269. The first kappa shape index (κ1) is 21.4. The summed E-state index contributed by atoms with van der Waals surface area (Å²) in [6, 6.07) is 20.0. The molecule has 3 heterocycles. The van der Waals surface area contributed by atoms with Crippen molar-refractivity contribution in [2.45, 2.75) is 19.4 Å². The van der Waals surface area contributed by atoms with Gasteiger partial charge in [-0.05, 0) is 24.0 Å². The number of amides is 1. The van der Waals surface area contributed by atoms with E-state index in [1.54, 1.807) is 4.90 Å². The van der Waals surface area contributed by atoms with Crippen molar-refractivity contribution in [2.75, 3.05) is 25.0 Å². The second kappa shape index (κ2) is 9.19. The standard InChI is InChI=1S/C26H26N4O2S/c1-29(15-18-9-4-2-5-10-18)25(32)20-13-8-14-30(16-20)26-27-22-21(19-11-6-3-7-12-19)17-33-23(22)24(31)28-26/h2-7,9-12,17,20H,8,13-16H2,1H3,(H,27,28,31)/t20-/m0/s1. The number of fused-ring (bicyclic) bond motifs is 1. The maximum Gasteiger partial charge on any atom is 0.270 e. The van der Waals surface area contributed by atoms with Gasteiger partial charge in [-0.1, -0.05) is 60.7 Å². The van der Waals surface area contributed by atoms with Crippen molar-refractivity contribution in [3.05, 3.63) is 82.0 Å². The SMILES string of the molecule is CN(Cc1ccccc1)C(=O)[C@H]1CCCN(c2nc3c(-c4ccccc4)csc3c(=O)[nH]2)C1. The van der Waals surface area contributed by atoms with Gasteiger partial charge in [0, 0.05) is 37.6 Å². The van der Waals surface area contributed by atoms with E-state index in [0.717, 1.165) is 41.6 Å². The van der Waals surface area contributed by atoms with Crippen LogP contribution in [0.3, 0.4) is 0 Å². The third kappa shape index (κ3) is 4.41. The van der Waals surface area contributed by atoms with Crippen molar-refractivity contribution < 1.29 is 4.79 Å². The molecule has 0 aliphatic carbocycles. The molecule has 0 radical (unpaired) electrons. The summed E-state index contributed by atoms with van der Waals surface area (Å²) in [5.41, 5.74) is 3.72. The van der Waals surface area contributed by atoms with Crippen LogP contribution in [0.5, 0.6) is 0 Å². The number of hydrogen-bond donors (Lipinski definition) is 1. The second-order valence-corrected chi connectivity index (χ2v) is 9.43. The molecule has 1 aliphatic heterocycles. The Bertz CT molecular complexity index is 1320. The minimum atomic E-state index is -0.128. The van der Waals surface area contributed by atoms with E-state index in [2.05, 4.69) is 9.88 Å². The molecule has 6 nitrogen and oxygen atoms in total. The largest absolute Gasteiger partial charge is 0.342 e. The van der Waals surface area contributed by atoms with Crippen LogP contribution in [-0.4, -0.2) is 40.9 Å². The van der Waals surface area contributed by atoms with E-state index in [1.807, 2.05) is 73.1 Å². The van der Waals surface area contributed by atoms with E-state index in [-0.39, 0.29) is 17.4 Å². The number of nitrogens with zero attached hydrogens (tertiary/aromatic N) is 3. The fourth-order valence-corrected chi connectivity index (χ4v) is 5.41. The van der Waals surface area contributed by atoms with Crippen LogP contribution in [0.4, 0.5) is 5.95 Å². The van der Waals surface area contributed by atoms with Crippen molar-refractivity contribution >= 4 is 33.4 Å². The van der Waals surface area contributed by atoms with Crippen LogP contribution in [0, 0.1) is 5.92 Å². The Morgan fingerprint density at radius 1 is 1.15 bits per heavy atom. The monoisotopic (exact) mass is 458 g/mol. The minimum Gasteiger partial charge on any atom is -0.342 e.